The minimum Gasteiger partial charge on any atom is -0.394 e. The van der Waals surface area contributed by atoms with Crippen molar-refractivity contribution in [2.75, 3.05) is 44.5 Å². The Bertz CT molecular complexity index is 1200. The molecule has 0 radical (unpaired) electrons. The van der Waals surface area contributed by atoms with Crippen LogP contribution in [0.2, 0.25) is 0 Å². The molecule has 1 saturated heterocycles. The van der Waals surface area contributed by atoms with Crippen LogP contribution < -0.4 is 20.9 Å². The molecule has 9 nitrogen and oxygen atoms in total. The number of carbonyl (C=O) groups is 2. The van der Waals surface area contributed by atoms with Crippen molar-refractivity contribution in [1.29, 1.82) is 0 Å². The summed E-state index contributed by atoms with van der Waals surface area (Å²) >= 11 is 0. The van der Waals surface area contributed by atoms with Gasteiger partial charge in [0.2, 0.25) is 0 Å². The van der Waals surface area contributed by atoms with E-state index in [1.807, 2.05) is 70.1 Å². The lowest BCUT2D eigenvalue weighted by molar-refractivity contribution is -0.117. The Morgan fingerprint density at radius 3 is 2.29 bits per heavy atom. The van der Waals surface area contributed by atoms with E-state index in [0.717, 1.165) is 22.8 Å². The van der Waals surface area contributed by atoms with Crippen molar-refractivity contribution >= 4 is 29.0 Å². The summed E-state index contributed by atoms with van der Waals surface area (Å²) in [4.78, 5) is 40.7. The fraction of sp³-hybridized carbons (Fsp3) is 0.448. The number of nitrogens with zero attached hydrogens (tertiary/aromatic N) is 5. The van der Waals surface area contributed by atoms with Crippen LogP contribution >= 0.6 is 0 Å². The Hall–Kier alpha value is -3.88. The summed E-state index contributed by atoms with van der Waals surface area (Å²) in [5, 5.41) is 2.97. The van der Waals surface area contributed by atoms with Gasteiger partial charge in [-0.15, -0.1) is 0 Å². The molecule has 2 atom stereocenters. The number of nitrogens with one attached hydrogen (secondary N) is 1. The van der Waals surface area contributed by atoms with Crippen LogP contribution in [0.5, 0.6) is 0 Å². The van der Waals surface area contributed by atoms with Crippen LogP contribution in [0.25, 0.3) is 0 Å². The van der Waals surface area contributed by atoms with Crippen LogP contribution in [-0.2, 0) is 11.3 Å². The first-order valence-corrected chi connectivity index (χ1v) is 13.0. The van der Waals surface area contributed by atoms with Crippen molar-refractivity contribution < 1.29 is 9.59 Å². The minimum atomic E-state index is -0.325. The number of hydrogen-bond acceptors (Lipinski definition) is 7. The highest BCUT2D eigenvalue weighted by Crippen LogP contribution is 2.30. The molecule has 2 heterocycles. The Morgan fingerprint density at radius 1 is 1.11 bits per heavy atom. The fourth-order valence-electron chi connectivity index (χ4n) is 4.56. The van der Waals surface area contributed by atoms with Crippen LogP contribution in [0.4, 0.5) is 11.5 Å². The van der Waals surface area contributed by atoms with Gasteiger partial charge < -0.3 is 25.8 Å². The van der Waals surface area contributed by atoms with Crippen LogP contribution in [0.1, 0.15) is 43.6 Å². The van der Waals surface area contributed by atoms with Gasteiger partial charge >= 0.3 is 0 Å². The van der Waals surface area contributed by atoms with E-state index < -0.39 is 0 Å². The lowest BCUT2D eigenvalue weighted by Gasteiger charge is -2.41. The van der Waals surface area contributed by atoms with E-state index in [1.54, 1.807) is 26.4 Å². The van der Waals surface area contributed by atoms with Gasteiger partial charge in [0.25, 0.3) is 11.8 Å². The fourth-order valence-corrected chi connectivity index (χ4v) is 4.56. The number of piperidine rings is 1. The molecule has 3 N–H and O–H groups in total. The molecular formula is C29H41N7O2. The molecule has 0 spiro atoms. The Balaban J connectivity index is 1.90. The van der Waals surface area contributed by atoms with Gasteiger partial charge in [0.05, 0.1) is 11.6 Å². The average Bonchev–Trinajstić information content (AvgIpc) is 2.88. The maximum absolute atomic E-state index is 13.3. The van der Waals surface area contributed by atoms with Gasteiger partial charge in [0.1, 0.15) is 11.5 Å². The molecule has 0 aliphatic carbocycles. The first kappa shape index (κ1) is 28.7. The van der Waals surface area contributed by atoms with Gasteiger partial charge in [0, 0.05) is 76.4 Å². The summed E-state index contributed by atoms with van der Waals surface area (Å²) in [6, 6.07) is 11.5. The molecule has 1 fully saturated rings. The van der Waals surface area contributed by atoms with Gasteiger partial charge in [0.15, 0.2) is 0 Å². The zero-order valence-electron chi connectivity index (χ0n) is 23.8. The quantitative estimate of drug-likeness (QED) is 0.545. The summed E-state index contributed by atoms with van der Waals surface area (Å²) in [5.41, 5.74) is 10.9. The summed E-state index contributed by atoms with van der Waals surface area (Å²) in [7, 11) is 7.40. The van der Waals surface area contributed by atoms with Crippen molar-refractivity contribution in [2.24, 2.45) is 16.6 Å². The Kier molecular flexibility index (Phi) is 9.14. The third-order valence-corrected chi connectivity index (χ3v) is 6.63. The molecule has 9 heteroatoms. The van der Waals surface area contributed by atoms with E-state index in [4.69, 9.17) is 10.7 Å². The van der Waals surface area contributed by atoms with Gasteiger partial charge in [-0.1, -0.05) is 19.1 Å². The molecule has 0 bridgehead atoms. The van der Waals surface area contributed by atoms with E-state index in [1.165, 1.54) is 4.90 Å². The monoisotopic (exact) mass is 519 g/mol. The van der Waals surface area contributed by atoms with Crippen molar-refractivity contribution in [3.63, 3.8) is 0 Å². The van der Waals surface area contributed by atoms with Gasteiger partial charge in [-0.2, -0.15) is 0 Å². The minimum absolute atomic E-state index is 0.0263. The molecular weight excluding hydrogens is 478 g/mol. The normalized spacial score (nSPS) is 19.9. The number of benzene rings is 1. The second-order valence-electron chi connectivity index (χ2n) is 10.5. The Morgan fingerprint density at radius 2 is 1.76 bits per heavy atom. The molecule has 204 valence electrons. The molecule has 2 aromatic rings. The smallest absolute Gasteiger partial charge is 0.267 e. The van der Waals surface area contributed by atoms with E-state index in [0.29, 0.717) is 24.2 Å². The standard InChI is InChI=1S/C29H41N7O2/c1-18(2)33-27-19(3)17-36(24-14-11-22(16-31-24)29(38)35(7)8)20(4)25(27)26(30)28(37)32-15-21-9-12-23(13-10-21)34(5)6/h9-14,16,18-20H,15,17,30H2,1-8H3,(H,32,37)/b26-25-,33-27?/t19?,20-/m1/s1. The molecule has 1 unspecified atom stereocenters. The topological polar surface area (TPSA) is 107 Å². The third kappa shape index (κ3) is 6.51. The first-order valence-electron chi connectivity index (χ1n) is 13.0. The maximum Gasteiger partial charge on any atom is 0.267 e. The lowest BCUT2D eigenvalue weighted by Crippen LogP contribution is -2.50. The summed E-state index contributed by atoms with van der Waals surface area (Å²) in [6.45, 7) is 9.17. The second kappa shape index (κ2) is 12.1. The highest BCUT2D eigenvalue weighted by molar-refractivity contribution is 6.11. The zero-order chi connectivity index (χ0) is 28.1. The molecule has 2 amide bonds. The lowest BCUT2D eigenvalue weighted by atomic mass is 9.85. The molecule has 0 saturated carbocycles. The molecule has 1 aliphatic rings. The van der Waals surface area contributed by atoms with Crippen LogP contribution in [0.15, 0.2) is 58.9 Å². The van der Waals surface area contributed by atoms with Crippen molar-refractivity contribution in [1.82, 2.24) is 15.2 Å². The van der Waals surface area contributed by atoms with Crippen LogP contribution in [-0.4, -0.2) is 74.2 Å². The van der Waals surface area contributed by atoms with E-state index >= 15 is 0 Å². The molecule has 1 aromatic carbocycles. The molecule has 1 aliphatic heterocycles. The number of anilines is 2. The zero-order valence-corrected chi connectivity index (χ0v) is 23.8. The number of amides is 2. The summed E-state index contributed by atoms with van der Waals surface area (Å²) in [6.07, 6.45) is 1.59. The Labute approximate surface area is 226 Å². The van der Waals surface area contributed by atoms with Gasteiger partial charge in [-0.3, -0.25) is 14.6 Å². The SMILES string of the molecule is CC(C)N=C1/C(=C(\N)C(=O)NCc2ccc(N(C)C)cc2)[C@@H](C)N(c2ccc(C(=O)N(C)C)cn2)CC1C. The van der Waals surface area contributed by atoms with E-state index in [2.05, 4.69) is 22.1 Å². The molecule has 3 rings (SSSR count). The first-order chi connectivity index (χ1) is 17.9. The average molecular weight is 520 g/mol. The van der Waals surface area contributed by atoms with Crippen molar-refractivity contribution in [3.8, 4) is 0 Å². The number of aliphatic imine (C=N–C) groups is 1. The largest absolute Gasteiger partial charge is 0.394 e. The number of hydrogen-bond donors (Lipinski definition) is 2. The summed E-state index contributed by atoms with van der Waals surface area (Å²) < 4.78 is 0. The summed E-state index contributed by atoms with van der Waals surface area (Å²) in [5.74, 6) is 0.315. The number of rotatable bonds is 7. The molecule has 38 heavy (non-hydrogen) atoms. The molecule has 1 aromatic heterocycles. The second-order valence-corrected chi connectivity index (χ2v) is 10.5. The van der Waals surface area contributed by atoms with Gasteiger partial charge in [-0.25, -0.2) is 4.98 Å². The number of nitrogens with two attached hydrogens (primary N) is 1. The van der Waals surface area contributed by atoms with Crippen molar-refractivity contribution in [2.45, 2.75) is 46.3 Å². The third-order valence-electron chi connectivity index (χ3n) is 6.63. The predicted molar refractivity (Wildman–Crippen MR) is 155 cm³/mol. The number of carbonyl (C=O) groups excluding carboxylic acids is 2. The van der Waals surface area contributed by atoms with Crippen LogP contribution in [0, 0.1) is 5.92 Å². The van der Waals surface area contributed by atoms with Crippen LogP contribution in [0.3, 0.4) is 0 Å². The maximum atomic E-state index is 13.3. The number of pyridine rings is 1. The van der Waals surface area contributed by atoms with Crippen molar-refractivity contribution in [3.05, 3.63) is 65.0 Å². The van der Waals surface area contributed by atoms with Gasteiger partial charge in [-0.05, 0) is 50.6 Å². The number of aromatic nitrogens is 1. The van der Waals surface area contributed by atoms with E-state index in [-0.39, 0.29) is 35.5 Å². The highest BCUT2D eigenvalue weighted by atomic mass is 16.2. The predicted octanol–water partition coefficient (Wildman–Crippen LogP) is 3.07. The highest BCUT2D eigenvalue weighted by Gasteiger charge is 2.36. The van der Waals surface area contributed by atoms with E-state index in [9.17, 15) is 9.59 Å².